The van der Waals surface area contributed by atoms with Gasteiger partial charge in [0.1, 0.15) is 11.5 Å². The fraction of sp³-hybridized carbons (Fsp3) is 0.188. The van der Waals surface area contributed by atoms with Crippen LogP contribution in [-0.2, 0) is 0 Å². The maximum absolute atomic E-state index is 10.7. The first-order chi connectivity index (χ1) is 10.5. The van der Waals surface area contributed by atoms with Gasteiger partial charge in [-0.25, -0.2) is 4.79 Å². The van der Waals surface area contributed by atoms with Gasteiger partial charge in [-0.05, 0) is 48.5 Å². The molecule has 0 aliphatic carbocycles. The van der Waals surface area contributed by atoms with Crippen molar-refractivity contribution in [3.8, 4) is 11.5 Å². The maximum Gasteiger partial charge on any atom is 0.335 e. The van der Waals surface area contributed by atoms with E-state index in [0.717, 1.165) is 0 Å². The second-order valence-corrected chi connectivity index (χ2v) is 4.93. The van der Waals surface area contributed by atoms with Crippen LogP contribution in [0, 0.1) is 0 Å². The van der Waals surface area contributed by atoms with E-state index in [1.165, 1.54) is 12.1 Å². The number of aliphatic hydroxyl groups is 1. The second-order valence-electron chi connectivity index (χ2n) is 4.49. The van der Waals surface area contributed by atoms with E-state index in [2.05, 4.69) is 0 Å². The molecule has 0 saturated carbocycles. The molecule has 6 heteroatoms. The SMILES string of the molecule is O=C(O)c1ccc(OCCC(O)Oc2ccc(Cl)cc2)cc1. The second kappa shape index (κ2) is 7.68. The molecule has 0 amide bonds. The molecular weight excluding hydrogens is 308 g/mol. The van der Waals surface area contributed by atoms with Gasteiger partial charge in [0.25, 0.3) is 0 Å². The zero-order valence-electron chi connectivity index (χ0n) is 11.6. The van der Waals surface area contributed by atoms with Gasteiger partial charge in [0.15, 0.2) is 0 Å². The van der Waals surface area contributed by atoms with E-state index in [0.29, 0.717) is 16.5 Å². The molecular formula is C16H15ClO5. The number of halogens is 1. The highest BCUT2D eigenvalue weighted by Crippen LogP contribution is 2.17. The molecule has 5 nitrogen and oxygen atoms in total. The summed E-state index contributed by atoms with van der Waals surface area (Å²) in [5.74, 6) is 0.0599. The van der Waals surface area contributed by atoms with E-state index in [1.807, 2.05) is 0 Å². The quantitative estimate of drug-likeness (QED) is 0.766. The van der Waals surface area contributed by atoms with Gasteiger partial charge < -0.3 is 19.7 Å². The molecule has 0 heterocycles. The van der Waals surface area contributed by atoms with Crippen molar-refractivity contribution >= 4 is 17.6 Å². The molecule has 0 aliphatic rings. The van der Waals surface area contributed by atoms with Crippen LogP contribution in [-0.4, -0.2) is 29.1 Å². The fourth-order valence-corrected chi connectivity index (χ4v) is 1.83. The van der Waals surface area contributed by atoms with Crippen molar-refractivity contribution in [3.05, 3.63) is 59.1 Å². The Morgan fingerprint density at radius 1 is 1.05 bits per heavy atom. The largest absolute Gasteiger partial charge is 0.493 e. The molecule has 2 aromatic carbocycles. The summed E-state index contributed by atoms with van der Waals surface area (Å²) in [6.45, 7) is 0.237. The van der Waals surface area contributed by atoms with Crippen LogP contribution in [0.2, 0.25) is 5.02 Å². The predicted molar refractivity (Wildman–Crippen MR) is 81.6 cm³/mol. The number of carboxylic acids is 1. The monoisotopic (exact) mass is 322 g/mol. The summed E-state index contributed by atoms with van der Waals surface area (Å²) in [6, 6.07) is 12.7. The molecule has 22 heavy (non-hydrogen) atoms. The van der Waals surface area contributed by atoms with Crippen molar-refractivity contribution in [2.75, 3.05) is 6.61 Å². The lowest BCUT2D eigenvalue weighted by Gasteiger charge is -2.14. The number of carboxylic acid groups (broad SMARTS) is 1. The highest BCUT2D eigenvalue weighted by molar-refractivity contribution is 6.30. The van der Waals surface area contributed by atoms with Crippen LogP contribution in [0.1, 0.15) is 16.8 Å². The number of benzene rings is 2. The van der Waals surface area contributed by atoms with Crippen molar-refractivity contribution in [2.24, 2.45) is 0 Å². The number of carbonyl (C=O) groups is 1. The van der Waals surface area contributed by atoms with Crippen LogP contribution in [0.15, 0.2) is 48.5 Å². The standard InChI is InChI=1S/C16H15ClO5/c17-12-3-7-14(8-4-12)22-15(18)9-10-21-13-5-1-11(2-6-13)16(19)20/h1-8,15,18H,9-10H2,(H,19,20). The van der Waals surface area contributed by atoms with Gasteiger partial charge in [0, 0.05) is 11.4 Å². The van der Waals surface area contributed by atoms with E-state index in [-0.39, 0.29) is 18.6 Å². The van der Waals surface area contributed by atoms with Gasteiger partial charge in [-0.2, -0.15) is 0 Å². The Balaban J connectivity index is 1.75. The molecule has 0 bridgehead atoms. The van der Waals surface area contributed by atoms with Gasteiger partial charge in [0.05, 0.1) is 12.2 Å². The summed E-state index contributed by atoms with van der Waals surface area (Å²) in [4.78, 5) is 10.7. The van der Waals surface area contributed by atoms with Crippen molar-refractivity contribution in [3.63, 3.8) is 0 Å². The van der Waals surface area contributed by atoms with Gasteiger partial charge in [0.2, 0.25) is 6.29 Å². The van der Waals surface area contributed by atoms with Crippen LogP contribution < -0.4 is 9.47 Å². The lowest BCUT2D eigenvalue weighted by molar-refractivity contribution is -0.0307. The van der Waals surface area contributed by atoms with Crippen molar-refractivity contribution in [1.82, 2.24) is 0 Å². The highest BCUT2D eigenvalue weighted by atomic mass is 35.5. The summed E-state index contributed by atoms with van der Waals surface area (Å²) in [5, 5.41) is 19.1. The first kappa shape index (κ1) is 16.1. The molecule has 2 N–H and O–H groups in total. The Morgan fingerprint density at radius 2 is 1.64 bits per heavy atom. The molecule has 0 aliphatic heterocycles. The first-order valence-electron chi connectivity index (χ1n) is 6.61. The molecule has 0 fully saturated rings. The number of hydrogen-bond donors (Lipinski definition) is 2. The molecule has 116 valence electrons. The molecule has 0 spiro atoms. The van der Waals surface area contributed by atoms with Gasteiger partial charge >= 0.3 is 5.97 Å². The minimum atomic E-state index is -1.00. The van der Waals surface area contributed by atoms with Crippen molar-refractivity contribution in [1.29, 1.82) is 0 Å². The number of rotatable bonds is 7. The topological polar surface area (TPSA) is 76.0 Å². The molecule has 2 aromatic rings. The lowest BCUT2D eigenvalue weighted by Crippen LogP contribution is -2.18. The minimum Gasteiger partial charge on any atom is -0.493 e. The highest BCUT2D eigenvalue weighted by Gasteiger charge is 2.07. The number of aliphatic hydroxyl groups excluding tert-OH is 1. The number of aromatic carboxylic acids is 1. The number of hydrogen-bond acceptors (Lipinski definition) is 4. The molecule has 1 unspecified atom stereocenters. The third-order valence-electron chi connectivity index (χ3n) is 2.82. The predicted octanol–water partition coefficient (Wildman–Crippen LogP) is 3.20. The summed E-state index contributed by atoms with van der Waals surface area (Å²) in [6.07, 6.45) is -0.733. The van der Waals surface area contributed by atoms with Gasteiger partial charge in [-0.15, -0.1) is 0 Å². The zero-order valence-corrected chi connectivity index (χ0v) is 12.4. The van der Waals surface area contributed by atoms with E-state index in [4.69, 9.17) is 26.2 Å². The van der Waals surface area contributed by atoms with E-state index in [1.54, 1.807) is 36.4 Å². The van der Waals surface area contributed by atoms with E-state index in [9.17, 15) is 9.90 Å². The molecule has 2 rings (SSSR count). The normalized spacial score (nSPS) is 11.7. The van der Waals surface area contributed by atoms with Gasteiger partial charge in [-0.3, -0.25) is 0 Å². The van der Waals surface area contributed by atoms with E-state index < -0.39 is 12.3 Å². The summed E-state index contributed by atoms with van der Waals surface area (Å²) >= 11 is 5.76. The third-order valence-corrected chi connectivity index (χ3v) is 3.07. The molecule has 0 saturated heterocycles. The summed E-state index contributed by atoms with van der Waals surface area (Å²) in [7, 11) is 0. The van der Waals surface area contributed by atoms with Crippen molar-refractivity contribution in [2.45, 2.75) is 12.7 Å². The number of ether oxygens (including phenoxy) is 2. The van der Waals surface area contributed by atoms with Crippen LogP contribution in [0.25, 0.3) is 0 Å². The zero-order chi connectivity index (χ0) is 15.9. The average Bonchev–Trinajstić information content (AvgIpc) is 2.50. The third kappa shape index (κ3) is 4.95. The molecule has 1 atom stereocenters. The molecule has 0 aromatic heterocycles. The van der Waals surface area contributed by atoms with E-state index >= 15 is 0 Å². The summed E-state index contributed by atoms with van der Waals surface area (Å²) < 4.78 is 10.7. The maximum atomic E-state index is 10.7. The first-order valence-corrected chi connectivity index (χ1v) is 6.99. The van der Waals surface area contributed by atoms with Crippen LogP contribution in [0.3, 0.4) is 0 Å². The lowest BCUT2D eigenvalue weighted by atomic mass is 10.2. The Labute approximate surface area is 132 Å². The Bertz CT molecular complexity index is 609. The van der Waals surface area contributed by atoms with Crippen molar-refractivity contribution < 1.29 is 24.5 Å². The van der Waals surface area contributed by atoms with Crippen LogP contribution in [0.5, 0.6) is 11.5 Å². The molecule has 0 radical (unpaired) electrons. The Kier molecular flexibility index (Phi) is 5.63. The average molecular weight is 323 g/mol. The van der Waals surface area contributed by atoms with Crippen LogP contribution >= 0.6 is 11.6 Å². The van der Waals surface area contributed by atoms with Crippen LogP contribution in [0.4, 0.5) is 0 Å². The minimum absolute atomic E-state index is 0.193. The fourth-order valence-electron chi connectivity index (χ4n) is 1.70. The van der Waals surface area contributed by atoms with Gasteiger partial charge in [-0.1, -0.05) is 11.6 Å². The smallest absolute Gasteiger partial charge is 0.335 e. The Morgan fingerprint density at radius 3 is 2.23 bits per heavy atom. The Hall–Kier alpha value is -2.24. The summed E-state index contributed by atoms with van der Waals surface area (Å²) in [5.41, 5.74) is 0.193.